The molecular formula is C19H30N2O3. The second-order valence-corrected chi connectivity index (χ2v) is 6.60. The van der Waals surface area contributed by atoms with E-state index in [1.807, 2.05) is 18.2 Å². The summed E-state index contributed by atoms with van der Waals surface area (Å²) in [6, 6.07) is 6.01. The summed E-state index contributed by atoms with van der Waals surface area (Å²) >= 11 is 0. The van der Waals surface area contributed by atoms with E-state index in [1.54, 1.807) is 7.11 Å². The maximum Gasteiger partial charge on any atom is 0.223 e. The number of nitrogens with one attached hydrogen (secondary N) is 1. The van der Waals surface area contributed by atoms with Crippen molar-refractivity contribution in [2.45, 2.75) is 26.7 Å². The van der Waals surface area contributed by atoms with Gasteiger partial charge in [0, 0.05) is 26.7 Å². The number of hydrogen-bond donors (Lipinski definition) is 1. The van der Waals surface area contributed by atoms with Crippen LogP contribution in [0.3, 0.4) is 0 Å². The van der Waals surface area contributed by atoms with Gasteiger partial charge in [-0.05, 0) is 56.0 Å². The smallest absolute Gasteiger partial charge is 0.223 e. The Morgan fingerprint density at radius 1 is 1.29 bits per heavy atom. The van der Waals surface area contributed by atoms with Crippen LogP contribution < -0.4 is 10.1 Å². The summed E-state index contributed by atoms with van der Waals surface area (Å²) in [5.41, 5.74) is 2.45. The molecule has 2 rings (SSSR count). The van der Waals surface area contributed by atoms with Gasteiger partial charge in [-0.2, -0.15) is 0 Å². The van der Waals surface area contributed by atoms with Crippen molar-refractivity contribution in [2.75, 3.05) is 46.5 Å². The minimum absolute atomic E-state index is 0.0641. The molecule has 0 spiro atoms. The molecule has 1 saturated heterocycles. The highest BCUT2D eigenvalue weighted by Crippen LogP contribution is 2.17. The molecule has 5 heteroatoms. The monoisotopic (exact) mass is 334 g/mol. The van der Waals surface area contributed by atoms with E-state index in [1.165, 1.54) is 11.1 Å². The number of methoxy groups -OCH3 is 1. The second kappa shape index (κ2) is 9.64. The van der Waals surface area contributed by atoms with Crippen LogP contribution in [0.1, 0.15) is 24.0 Å². The number of carbonyl (C=O) groups excluding carboxylic acids is 1. The number of hydrogen-bond acceptors (Lipinski definition) is 4. The molecule has 1 unspecified atom stereocenters. The van der Waals surface area contributed by atoms with Crippen molar-refractivity contribution < 1.29 is 14.3 Å². The molecule has 1 aromatic rings. The summed E-state index contributed by atoms with van der Waals surface area (Å²) < 4.78 is 10.8. The highest BCUT2D eigenvalue weighted by Gasteiger charge is 2.22. The standard InChI is InChI=1S/C19H30N2O3/c1-15-4-5-18(12-16(15)2)24-10-7-19(22)20-13-17-6-8-21(14-17)9-11-23-3/h4-5,12,17H,6-11,13-14H2,1-3H3,(H,20,22). The molecule has 0 bridgehead atoms. The Hall–Kier alpha value is -1.59. The fourth-order valence-electron chi connectivity index (χ4n) is 2.91. The van der Waals surface area contributed by atoms with Gasteiger partial charge in [-0.3, -0.25) is 4.79 Å². The zero-order valence-electron chi connectivity index (χ0n) is 15.1. The van der Waals surface area contributed by atoms with E-state index in [0.717, 1.165) is 45.0 Å². The SMILES string of the molecule is COCCN1CCC(CNC(=O)CCOc2ccc(C)c(C)c2)C1. The van der Waals surface area contributed by atoms with Crippen LogP contribution in [0.2, 0.25) is 0 Å². The van der Waals surface area contributed by atoms with Gasteiger partial charge in [0.2, 0.25) is 5.91 Å². The zero-order valence-corrected chi connectivity index (χ0v) is 15.1. The molecule has 134 valence electrons. The van der Waals surface area contributed by atoms with Gasteiger partial charge >= 0.3 is 0 Å². The molecule has 5 nitrogen and oxygen atoms in total. The Kier molecular flexibility index (Phi) is 7.53. The highest BCUT2D eigenvalue weighted by atomic mass is 16.5. The summed E-state index contributed by atoms with van der Waals surface area (Å²) in [4.78, 5) is 14.3. The number of likely N-dealkylation sites (tertiary alicyclic amines) is 1. The van der Waals surface area contributed by atoms with Gasteiger partial charge in [0.1, 0.15) is 5.75 Å². The molecule has 0 aliphatic carbocycles. The summed E-state index contributed by atoms with van der Waals surface area (Å²) in [7, 11) is 1.73. The number of benzene rings is 1. The van der Waals surface area contributed by atoms with Gasteiger partial charge in [-0.25, -0.2) is 0 Å². The highest BCUT2D eigenvalue weighted by molar-refractivity contribution is 5.76. The van der Waals surface area contributed by atoms with E-state index in [0.29, 0.717) is 18.9 Å². The molecule has 1 aromatic carbocycles. The Labute approximate surface area is 145 Å². The molecule has 1 fully saturated rings. The number of amides is 1. The Morgan fingerprint density at radius 3 is 2.88 bits per heavy atom. The molecular weight excluding hydrogens is 304 g/mol. The second-order valence-electron chi connectivity index (χ2n) is 6.60. The Balaban J connectivity index is 1.59. The van der Waals surface area contributed by atoms with Crippen LogP contribution in [-0.2, 0) is 9.53 Å². The first-order valence-corrected chi connectivity index (χ1v) is 8.76. The third-order valence-electron chi connectivity index (χ3n) is 4.65. The fraction of sp³-hybridized carbons (Fsp3) is 0.632. The van der Waals surface area contributed by atoms with E-state index in [-0.39, 0.29) is 5.91 Å². The van der Waals surface area contributed by atoms with Crippen molar-refractivity contribution in [3.63, 3.8) is 0 Å². The summed E-state index contributed by atoms with van der Waals surface area (Å²) in [6.45, 7) is 9.20. The Bertz CT molecular complexity index is 533. The molecule has 1 N–H and O–H groups in total. The predicted molar refractivity (Wildman–Crippen MR) is 95.5 cm³/mol. The van der Waals surface area contributed by atoms with Crippen molar-refractivity contribution >= 4 is 5.91 Å². The van der Waals surface area contributed by atoms with Gasteiger partial charge in [-0.1, -0.05) is 6.07 Å². The van der Waals surface area contributed by atoms with Crippen molar-refractivity contribution in [3.8, 4) is 5.75 Å². The topological polar surface area (TPSA) is 50.8 Å². The number of nitrogens with zero attached hydrogens (tertiary/aromatic N) is 1. The summed E-state index contributed by atoms with van der Waals surface area (Å²) in [5, 5.41) is 3.03. The molecule has 0 aromatic heterocycles. The van der Waals surface area contributed by atoms with Crippen molar-refractivity contribution in [2.24, 2.45) is 5.92 Å². The first kappa shape index (κ1) is 18.7. The van der Waals surface area contributed by atoms with Gasteiger partial charge in [0.15, 0.2) is 0 Å². The van der Waals surface area contributed by atoms with Crippen LogP contribution in [0.5, 0.6) is 5.75 Å². The van der Waals surface area contributed by atoms with Crippen molar-refractivity contribution in [3.05, 3.63) is 29.3 Å². The van der Waals surface area contributed by atoms with E-state index in [9.17, 15) is 4.79 Å². The third-order valence-corrected chi connectivity index (χ3v) is 4.65. The molecule has 0 radical (unpaired) electrons. The lowest BCUT2D eigenvalue weighted by Gasteiger charge is -2.15. The lowest BCUT2D eigenvalue weighted by molar-refractivity contribution is -0.121. The molecule has 1 atom stereocenters. The van der Waals surface area contributed by atoms with Gasteiger partial charge in [-0.15, -0.1) is 0 Å². The van der Waals surface area contributed by atoms with Gasteiger partial charge < -0.3 is 19.7 Å². The lowest BCUT2D eigenvalue weighted by Crippen LogP contribution is -2.32. The zero-order chi connectivity index (χ0) is 17.4. The van der Waals surface area contributed by atoms with Crippen molar-refractivity contribution in [1.29, 1.82) is 0 Å². The fourth-order valence-corrected chi connectivity index (χ4v) is 2.91. The predicted octanol–water partition coefficient (Wildman–Crippen LogP) is 2.16. The Morgan fingerprint density at radius 2 is 2.12 bits per heavy atom. The van der Waals surface area contributed by atoms with E-state index >= 15 is 0 Å². The number of aryl methyl sites for hydroxylation is 2. The van der Waals surface area contributed by atoms with Crippen molar-refractivity contribution in [1.82, 2.24) is 10.2 Å². The minimum atomic E-state index is 0.0641. The van der Waals surface area contributed by atoms with E-state index in [2.05, 4.69) is 24.1 Å². The normalized spacial score (nSPS) is 17.9. The van der Waals surface area contributed by atoms with E-state index < -0.39 is 0 Å². The summed E-state index contributed by atoms with van der Waals surface area (Å²) in [5.74, 6) is 1.44. The maximum absolute atomic E-state index is 11.9. The molecule has 24 heavy (non-hydrogen) atoms. The largest absolute Gasteiger partial charge is 0.493 e. The van der Waals surface area contributed by atoms with Crippen LogP contribution in [0.25, 0.3) is 0 Å². The maximum atomic E-state index is 11.9. The minimum Gasteiger partial charge on any atom is -0.493 e. The first-order valence-electron chi connectivity index (χ1n) is 8.76. The third kappa shape index (κ3) is 6.13. The molecule has 1 aliphatic rings. The summed E-state index contributed by atoms with van der Waals surface area (Å²) in [6.07, 6.45) is 1.54. The van der Waals surface area contributed by atoms with E-state index in [4.69, 9.17) is 9.47 Å². The average Bonchev–Trinajstić information content (AvgIpc) is 3.02. The quantitative estimate of drug-likeness (QED) is 0.752. The number of ether oxygens (including phenoxy) is 2. The molecule has 0 saturated carbocycles. The lowest BCUT2D eigenvalue weighted by atomic mass is 10.1. The van der Waals surface area contributed by atoms with Gasteiger partial charge in [0.25, 0.3) is 0 Å². The average molecular weight is 334 g/mol. The number of rotatable bonds is 9. The van der Waals surface area contributed by atoms with Crippen LogP contribution in [0, 0.1) is 19.8 Å². The van der Waals surface area contributed by atoms with Crippen LogP contribution >= 0.6 is 0 Å². The molecule has 1 heterocycles. The number of carbonyl (C=O) groups is 1. The van der Waals surface area contributed by atoms with Gasteiger partial charge in [0.05, 0.1) is 19.6 Å². The van der Waals surface area contributed by atoms with Crippen LogP contribution in [0.4, 0.5) is 0 Å². The molecule has 1 amide bonds. The van der Waals surface area contributed by atoms with Crippen LogP contribution in [-0.4, -0.2) is 57.3 Å². The van der Waals surface area contributed by atoms with Crippen LogP contribution in [0.15, 0.2) is 18.2 Å². The first-order chi connectivity index (χ1) is 11.6. The molecule has 1 aliphatic heterocycles.